The van der Waals surface area contributed by atoms with Crippen LogP contribution < -0.4 is 11.1 Å². The summed E-state index contributed by atoms with van der Waals surface area (Å²) in [6, 6.07) is 4.87. The van der Waals surface area contributed by atoms with Gasteiger partial charge < -0.3 is 11.1 Å². The van der Waals surface area contributed by atoms with Crippen molar-refractivity contribution in [3.8, 4) is 0 Å². The molecule has 1 aromatic carbocycles. The van der Waals surface area contributed by atoms with Crippen LogP contribution in [0.5, 0.6) is 0 Å². The first-order valence-corrected chi connectivity index (χ1v) is 6.51. The van der Waals surface area contributed by atoms with E-state index in [0.717, 1.165) is 15.7 Å². The number of nitrogens with two attached hydrogens (primary N) is 1. The molecule has 0 unspecified atom stereocenters. The molecule has 0 radical (unpaired) electrons. The third-order valence-corrected chi connectivity index (χ3v) is 3.25. The summed E-state index contributed by atoms with van der Waals surface area (Å²) in [5.41, 5.74) is 6.47. The van der Waals surface area contributed by atoms with Gasteiger partial charge in [0.1, 0.15) is 0 Å². The normalized spacial score (nSPS) is 12.2. The molecule has 0 fully saturated rings. The van der Waals surface area contributed by atoms with Gasteiger partial charge in [0, 0.05) is 8.59 Å². The van der Waals surface area contributed by atoms with Gasteiger partial charge in [-0.25, -0.2) is 0 Å². The molecule has 0 heterocycles. The Hall–Kier alpha value is -0.330. The van der Waals surface area contributed by atoms with Crippen LogP contribution in [-0.2, 0) is 4.79 Å². The van der Waals surface area contributed by atoms with E-state index in [4.69, 9.17) is 17.3 Å². The van der Waals surface area contributed by atoms with Gasteiger partial charge in [0.2, 0.25) is 5.91 Å². The predicted molar refractivity (Wildman–Crippen MR) is 75.7 cm³/mol. The van der Waals surface area contributed by atoms with Crippen LogP contribution in [0.25, 0.3) is 0 Å². The van der Waals surface area contributed by atoms with Crippen molar-refractivity contribution in [3.63, 3.8) is 0 Å². The van der Waals surface area contributed by atoms with E-state index in [0.29, 0.717) is 11.4 Å². The molecule has 3 nitrogen and oxygen atoms in total. The average Bonchev–Trinajstić information content (AvgIpc) is 2.22. The fourth-order valence-electron chi connectivity index (χ4n) is 1.26. The minimum absolute atomic E-state index is 0.151. The standard InChI is InChI=1S/C11H14ClIN2O/c1-2-3-9(14)11(16)15-10-5-4-7(12)6-8(10)13/h4-6,9H,2-3,14H2,1H3,(H,15,16)/t9-/m0/s1. The molecule has 0 bridgehead atoms. The van der Waals surface area contributed by atoms with E-state index < -0.39 is 6.04 Å². The summed E-state index contributed by atoms with van der Waals surface area (Å²) in [5.74, 6) is -0.151. The monoisotopic (exact) mass is 352 g/mol. The van der Waals surface area contributed by atoms with Crippen molar-refractivity contribution in [2.24, 2.45) is 5.73 Å². The van der Waals surface area contributed by atoms with Crippen LogP contribution >= 0.6 is 34.2 Å². The summed E-state index contributed by atoms with van der Waals surface area (Å²) in [6.07, 6.45) is 1.59. The Morgan fingerprint density at radius 2 is 2.31 bits per heavy atom. The molecule has 0 aliphatic rings. The zero-order chi connectivity index (χ0) is 12.1. The maximum Gasteiger partial charge on any atom is 0.241 e. The van der Waals surface area contributed by atoms with Gasteiger partial charge in [0.05, 0.1) is 11.7 Å². The van der Waals surface area contributed by atoms with Gasteiger partial charge in [-0.05, 0) is 47.2 Å². The van der Waals surface area contributed by atoms with Crippen LogP contribution in [-0.4, -0.2) is 11.9 Å². The lowest BCUT2D eigenvalue weighted by Crippen LogP contribution is -2.35. The van der Waals surface area contributed by atoms with E-state index in [2.05, 4.69) is 27.9 Å². The van der Waals surface area contributed by atoms with Crippen LogP contribution in [0.1, 0.15) is 19.8 Å². The number of halogens is 2. The number of rotatable bonds is 4. The molecule has 0 saturated carbocycles. The number of hydrogen-bond acceptors (Lipinski definition) is 2. The minimum atomic E-state index is -0.448. The number of nitrogens with one attached hydrogen (secondary N) is 1. The van der Waals surface area contributed by atoms with Crippen molar-refractivity contribution >= 4 is 45.8 Å². The molecule has 1 atom stereocenters. The molecule has 0 saturated heterocycles. The van der Waals surface area contributed by atoms with Gasteiger partial charge in [-0.2, -0.15) is 0 Å². The average molecular weight is 353 g/mol. The fourth-order valence-corrected chi connectivity index (χ4v) is 2.26. The molecular formula is C11H14ClIN2O. The van der Waals surface area contributed by atoms with Crippen molar-refractivity contribution in [1.82, 2.24) is 0 Å². The highest BCUT2D eigenvalue weighted by atomic mass is 127. The predicted octanol–water partition coefficient (Wildman–Crippen LogP) is 3.01. The molecule has 3 N–H and O–H groups in total. The summed E-state index contributed by atoms with van der Waals surface area (Å²) in [7, 11) is 0. The first-order chi connectivity index (χ1) is 7.54. The third kappa shape index (κ3) is 3.92. The van der Waals surface area contributed by atoms with Crippen molar-refractivity contribution in [1.29, 1.82) is 0 Å². The highest BCUT2D eigenvalue weighted by molar-refractivity contribution is 14.1. The largest absolute Gasteiger partial charge is 0.324 e. The molecule has 0 aliphatic heterocycles. The number of carbonyl (C=O) groups is 1. The van der Waals surface area contributed by atoms with Crippen molar-refractivity contribution in [3.05, 3.63) is 26.8 Å². The van der Waals surface area contributed by atoms with Crippen LogP contribution in [0.4, 0.5) is 5.69 Å². The SMILES string of the molecule is CCC[C@H](N)C(=O)Nc1ccc(Cl)cc1I. The summed E-state index contributed by atoms with van der Waals surface area (Å²) in [6.45, 7) is 2.00. The smallest absolute Gasteiger partial charge is 0.241 e. The molecule has 1 amide bonds. The van der Waals surface area contributed by atoms with E-state index in [9.17, 15) is 4.79 Å². The summed E-state index contributed by atoms with van der Waals surface area (Å²) in [5, 5.41) is 3.44. The summed E-state index contributed by atoms with van der Waals surface area (Å²) >= 11 is 7.95. The van der Waals surface area contributed by atoms with Crippen molar-refractivity contribution in [2.45, 2.75) is 25.8 Å². The lowest BCUT2D eigenvalue weighted by Gasteiger charge is -2.12. The van der Waals surface area contributed by atoms with E-state index in [-0.39, 0.29) is 5.91 Å². The molecule has 0 aromatic heterocycles. The van der Waals surface area contributed by atoms with Crippen LogP contribution in [0.3, 0.4) is 0 Å². The Labute approximate surface area is 114 Å². The maximum atomic E-state index is 11.7. The van der Waals surface area contributed by atoms with Gasteiger partial charge in [-0.1, -0.05) is 24.9 Å². The highest BCUT2D eigenvalue weighted by Gasteiger charge is 2.13. The molecule has 0 spiro atoms. The Morgan fingerprint density at radius 1 is 1.62 bits per heavy atom. The second-order valence-electron chi connectivity index (χ2n) is 3.51. The second kappa shape index (κ2) is 6.42. The van der Waals surface area contributed by atoms with E-state index in [1.807, 2.05) is 6.92 Å². The zero-order valence-corrected chi connectivity index (χ0v) is 11.9. The van der Waals surface area contributed by atoms with E-state index in [1.165, 1.54) is 0 Å². The van der Waals surface area contributed by atoms with Gasteiger partial charge in [0.25, 0.3) is 0 Å². The minimum Gasteiger partial charge on any atom is -0.324 e. The van der Waals surface area contributed by atoms with Crippen LogP contribution in [0, 0.1) is 3.57 Å². The third-order valence-electron chi connectivity index (χ3n) is 2.13. The van der Waals surface area contributed by atoms with Crippen LogP contribution in [0.2, 0.25) is 5.02 Å². The fraction of sp³-hybridized carbons (Fsp3) is 0.364. The number of anilines is 1. The lowest BCUT2D eigenvalue weighted by molar-refractivity contribution is -0.117. The number of hydrogen-bond donors (Lipinski definition) is 2. The molecular weight excluding hydrogens is 338 g/mol. The Morgan fingerprint density at radius 3 is 2.88 bits per heavy atom. The van der Waals surface area contributed by atoms with E-state index >= 15 is 0 Å². The Bertz CT molecular complexity index is 384. The zero-order valence-electron chi connectivity index (χ0n) is 8.97. The lowest BCUT2D eigenvalue weighted by atomic mass is 10.1. The summed E-state index contributed by atoms with van der Waals surface area (Å²) < 4.78 is 0.905. The summed E-state index contributed by atoms with van der Waals surface area (Å²) in [4.78, 5) is 11.7. The van der Waals surface area contributed by atoms with Crippen molar-refractivity contribution in [2.75, 3.05) is 5.32 Å². The van der Waals surface area contributed by atoms with Crippen LogP contribution in [0.15, 0.2) is 18.2 Å². The number of benzene rings is 1. The van der Waals surface area contributed by atoms with Crippen molar-refractivity contribution < 1.29 is 4.79 Å². The first kappa shape index (κ1) is 13.7. The Balaban J connectivity index is 2.69. The second-order valence-corrected chi connectivity index (χ2v) is 5.11. The quantitative estimate of drug-likeness (QED) is 0.819. The first-order valence-electron chi connectivity index (χ1n) is 5.06. The number of carbonyl (C=O) groups excluding carboxylic acids is 1. The molecule has 88 valence electrons. The molecule has 5 heteroatoms. The van der Waals surface area contributed by atoms with E-state index in [1.54, 1.807) is 18.2 Å². The van der Waals surface area contributed by atoms with Gasteiger partial charge >= 0.3 is 0 Å². The molecule has 0 aliphatic carbocycles. The molecule has 1 aromatic rings. The topological polar surface area (TPSA) is 55.1 Å². The molecule has 16 heavy (non-hydrogen) atoms. The highest BCUT2D eigenvalue weighted by Crippen LogP contribution is 2.22. The van der Waals surface area contributed by atoms with Gasteiger partial charge in [0.15, 0.2) is 0 Å². The maximum absolute atomic E-state index is 11.7. The molecule has 1 rings (SSSR count). The Kier molecular flexibility index (Phi) is 5.51. The number of amides is 1. The van der Waals surface area contributed by atoms with Gasteiger partial charge in [-0.15, -0.1) is 0 Å². The van der Waals surface area contributed by atoms with Gasteiger partial charge in [-0.3, -0.25) is 4.79 Å².